The van der Waals surface area contributed by atoms with E-state index in [1.165, 1.54) is 17.4 Å². The van der Waals surface area contributed by atoms with Gasteiger partial charge in [-0.25, -0.2) is 4.39 Å². The lowest BCUT2D eigenvalue weighted by atomic mass is 10.3. The second kappa shape index (κ2) is 6.41. The van der Waals surface area contributed by atoms with Crippen LogP contribution in [-0.4, -0.2) is 26.2 Å². The molecule has 7 heteroatoms. The molecule has 2 aromatic rings. The van der Waals surface area contributed by atoms with Gasteiger partial charge in [0.25, 0.3) is 0 Å². The Bertz CT molecular complexity index is 583. The number of nitrogens with zero attached hydrogens (tertiary/aromatic N) is 2. The zero-order valence-corrected chi connectivity index (χ0v) is 13.8. The molecule has 0 aliphatic heterocycles. The molecule has 1 N–H and O–H groups in total. The van der Waals surface area contributed by atoms with Crippen LogP contribution in [0, 0.1) is 5.82 Å². The molecular weight excluding hydrogens is 345 g/mol. The highest BCUT2D eigenvalue weighted by Gasteiger charge is 2.14. The minimum absolute atomic E-state index is 0.296. The van der Waals surface area contributed by atoms with Crippen molar-refractivity contribution in [2.45, 2.75) is 6.54 Å². The van der Waals surface area contributed by atoms with Crippen LogP contribution in [0.3, 0.4) is 0 Å². The minimum atomic E-state index is -0.296. The number of rotatable bonds is 5. The van der Waals surface area contributed by atoms with Crippen molar-refractivity contribution in [3.05, 3.63) is 33.4 Å². The standard InChI is InChI=1S/C13H15BrFN3OS/c1-18(2)13-17-12(19-3)10(20-13)7-16-11-8(14)5-4-6-9(11)15/h4-6,16H,7H2,1-3H3. The second-order valence-corrected chi connectivity index (χ2v) is 6.19. The summed E-state index contributed by atoms with van der Waals surface area (Å²) < 4.78 is 19.7. The Labute approximate surface area is 129 Å². The van der Waals surface area contributed by atoms with Crippen LogP contribution in [0.25, 0.3) is 0 Å². The molecule has 2 rings (SSSR count). The summed E-state index contributed by atoms with van der Waals surface area (Å²) in [5.74, 6) is 0.273. The van der Waals surface area contributed by atoms with E-state index in [2.05, 4.69) is 26.2 Å². The zero-order chi connectivity index (χ0) is 14.7. The van der Waals surface area contributed by atoms with Crippen LogP contribution >= 0.6 is 27.3 Å². The average Bonchev–Trinajstić information content (AvgIpc) is 2.81. The third kappa shape index (κ3) is 3.21. The fraction of sp³-hybridized carbons (Fsp3) is 0.308. The van der Waals surface area contributed by atoms with Crippen molar-refractivity contribution in [3.63, 3.8) is 0 Å². The number of ether oxygens (including phenoxy) is 1. The largest absolute Gasteiger partial charge is 0.480 e. The lowest BCUT2D eigenvalue weighted by molar-refractivity contribution is 0.397. The van der Waals surface area contributed by atoms with Gasteiger partial charge >= 0.3 is 0 Å². The van der Waals surface area contributed by atoms with E-state index >= 15 is 0 Å². The summed E-state index contributed by atoms with van der Waals surface area (Å²) in [6, 6.07) is 4.87. The Morgan fingerprint density at radius 2 is 2.20 bits per heavy atom. The molecule has 0 amide bonds. The number of benzene rings is 1. The second-order valence-electron chi connectivity index (χ2n) is 4.27. The van der Waals surface area contributed by atoms with Gasteiger partial charge in [-0.1, -0.05) is 17.4 Å². The normalized spacial score (nSPS) is 10.4. The summed E-state index contributed by atoms with van der Waals surface area (Å²) in [4.78, 5) is 7.20. The smallest absolute Gasteiger partial charge is 0.231 e. The minimum Gasteiger partial charge on any atom is -0.480 e. The first-order valence-corrected chi connectivity index (χ1v) is 7.52. The number of hydrogen-bond acceptors (Lipinski definition) is 5. The van der Waals surface area contributed by atoms with Crippen molar-refractivity contribution in [3.8, 4) is 5.88 Å². The number of halogens is 2. The van der Waals surface area contributed by atoms with Crippen molar-refractivity contribution in [2.75, 3.05) is 31.4 Å². The topological polar surface area (TPSA) is 37.4 Å². The van der Waals surface area contributed by atoms with Gasteiger partial charge in [-0.05, 0) is 28.1 Å². The molecule has 108 valence electrons. The maximum Gasteiger partial charge on any atom is 0.231 e. The summed E-state index contributed by atoms with van der Waals surface area (Å²) in [5, 5.41) is 3.93. The monoisotopic (exact) mass is 359 g/mol. The van der Waals surface area contributed by atoms with E-state index in [1.54, 1.807) is 19.2 Å². The number of nitrogens with one attached hydrogen (secondary N) is 1. The molecule has 0 saturated carbocycles. The summed E-state index contributed by atoms with van der Waals surface area (Å²) in [6.07, 6.45) is 0. The van der Waals surface area contributed by atoms with Gasteiger partial charge in [-0.2, -0.15) is 4.98 Å². The van der Waals surface area contributed by atoms with Crippen molar-refractivity contribution < 1.29 is 9.13 Å². The summed E-state index contributed by atoms with van der Waals surface area (Å²) in [7, 11) is 5.42. The fourth-order valence-electron chi connectivity index (χ4n) is 1.62. The van der Waals surface area contributed by atoms with Gasteiger partial charge in [-0.15, -0.1) is 0 Å². The van der Waals surface area contributed by atoms with Crippen molar-refractivity contribution in [1.29, 1.82) is 0 Å². The van der Waals surface area contributed by atoms with Crippen molar-refractivity contribution >= 4 is 38.1 Å². The maximum atomic E-state index is 13.7. The Kier molecular flexibility index (Phi) is 4.82. The van der Waals surface area contributed by atoms with E-state index in [9.17, 15) is 4.39 Å². The van der Waals surface area contributed by atoms with E-state index in [1.807, 2.05) is 19.0 Å². The predicted octanol–water partition coefficient (Wildman–Crippen LogP) is 3.73. The molecule has 1 aromatic carbocycles. The van der Waals surface area contributed by atoms with Crippen LogP contribution in [0.2, 0.25) is 0 Å². The molecule has 0 bridgehead atoms. The van der Waals surface area contributed by atoms with Gasteiger partial charge in [0, 0.05) is 18.6 Å². The van der Waals surface area contributed by atoms with E-state index in [0.717, 1.165) is 10.0 Å². The molecule has 1 heterocycles. The molecule has 0 saturated heterocycles. The summed E-state index contributed by atoms with van der Waals surface area (Å²) in [5.41, 5.74) is 0.439. The van der Waals surface area contributed by atoms with Gasteiger partial charge in [0.1, 0.15) is 5.82 Å². The molecule has 0 aliphatic rings. The van der Waals surface area contributed by atoms with Gasteiger partial charge in [0.15, 0.2) is 5.13 Å². The molecular formula is C13H15BrFN3OS. The number of methoxy groups -OCH3 is 1. The first-order chi connectivity index (χ1) is 9.52. The number of anilines is 2. The predicted molar refractivity (Wildman–Crippen MR) is 84.4 cm³/mol. The number of hydrogen-bond donors (Lipinski definition) is 1. The molecule has 0 unspecified atom stereocenters. The van der Waals surface area contributed by atoms with Gasteiger partial charge < -0.3 is 15.0 Å². The van der Waals surface area contributed by atoms with Crippen LogP contribution in [0.5, 0.6) is 5.88 Å². The average molecular weight is 360 g/mol. The number of aromatic nitrogens is 1. The molecule has 20 heavy (non-hydrogen) atoms. The molecule has 0 atom stereocenters. The van der Waals surface area contributed by atoms with Gasteiger partial charge in [0.05, 0.1) is 24.2 Å². The van der Waals surface area contributed by atoms with Crippen LogP contribution in [0.4, 0.5) is 15.2 Å². The van der Waals surface area contributed by atoms with Gasteiger partial charge in [0.2, 0.25) is 5.88 Å². The van der Waals surface area contributed by atoms with Crippen molar-refractivity contribution in [1.82, 2.24) is 4.98 Å². The quantitative estimate of drug-likeness (QED) is 0.882. The van der Waals surface area contributed by atoms with Crippen LogP contribution in [0.1, 0.15) is 4.88 Å². The van der Waals surface area contributed by atoms with Crippen LogP contribution < -0.4 is 15.0 Å². The van der Waals surface area contributed by atoms with Crippen LogP contribution in [-0.2, 0) is 6.54 Å². The molecule has 0 spiro atoms. The summed E-state index contributed by atoms with van der Waals surface area (Å²) in [6.45, 7) is 0.453. The highest BCUT2D eigenvalue weighted by Crippen LogP contribution is 2.32. The van der Waals surface area contributed by atoms with E-state index in [4.69, 9.17) is 4.74 Å². The van der Waals surface area contributed by atoms with E-state index in [-0.39, 0.29) is 5.82 Å². The first-order valence-electron chi connectivity index (χ1n) is 5.91. The third-order valence-electron chi connectivity index (χ3n) is 2.61. The SMILES string of the molecule is COc1nc(N(C)C)sc1CNc1c(F)cccc1Br. The molecule has 0 aliphatic carbocycles. The van der Waals surface area contributed by atoms with Gasteiger partial charge in [-0.3, -0.25) is 0 Å². The Morgan fingerprint density at radius 1 is 1.45 bits per heavy atom. The Hall–Kier alpha value is -1.34. The number of thiazole rings is 1. The third-order valence-corrected chi connectivity index (χ3v) is 4.48. The lowest BCUT2D eigenvalue weighted by Crippen LogP contribution is -2.07. The van der Waals surface area contributed by atoms with Crippen LogP contribution in [0.15, 0.2) is 22.7 Å². The highest BCUT2D eigenvalue weighted by molar-refractivity contribution is 9.10. The molecule has 0 fully saturated rings. The lowest BCUT2D eigenvalue weighted by Gasteiger charge is -2.09. The Morgan fingerprint density at radius 3 is 2.80 bits per heavy atom. The molecule has 1 aromatic heterocycles. The maximum absolute atomic E-state index is 13.7. The number of para-hydroxylation sites is 1. The van der Waals surface area contributed by atoms with Crippen molar-refractivity contribution in [2.24, 2.45) is 0 Å². The fourth-order valence-corrected chi connectivity index (χ4v) is 3.00. The molecule has 4 nitrogen and oxygen atoms in total. The highest BCUT2D eigenvalue weighted by atomic mass is 79.9. The summed E-state index contributed by atoms with van der Waals surface area (Å²) >= 11 is 4.84. The first kappa shape index (κ1) is 15.1. The molecule has 0 radical (unpaired) electrons. The van der Waals surface area contributed by atoms with E-state index in [0.29, 0.717) is 22.6 Å². The Balaban J connectivity index is 2.18. The van der Waals surface area contributed by atoms with E-state index < -0.39 is 0 Å². The zero-order valence-electron chi connectivity index (χ0n) is 11.4.